The molecule has 0 radical (unpaired) electrons. The molecular weight excluding hydrogens is 284 g/mol. The average molecular weight is 300 g/mol. The average Bonchev–Trinajstić information content (AvgIpc) is 2.97. The van der Waals surface area contributed by atoms with Crippen LogP contribution < -0.4 is 0 Å². The van der Waals surface area contributed by atoms with E-state index >= 15 is 0 Å². The molecule has 0 spiro atoms. The van der Waals surface area contributed by atoms with Gasteiger partial charge in [-0.1, -0.05) is 17.2 Å². The molecule has 6 nitrogen and oxygen atoms in total. The van der Waals surface area contributed by atoms with Gasteiger partial charge in [-0.3, -0.25) is 9.59 Å². The lowest BCUT2D eigenvalue weighted by Crippen LogP contribution is -2.44. The number of hydrogen-bond acceptors (Lipinski definition) is 5. The highest BCUT2D eigenvalue weighted by atomic mass is 16.7. The predicted molar refractivity (Wildman–Crippen MR) is 75.8 cm³/mol. The molecular formula is C16H16N2O4. The number of imide groups is 1. The SMILES string of the molecule is O=C1c2ccccc2C(=O)N1OC(=O)C12CCCN(CC1)C2. The van der Waals surface area contributed by atoms with Crippen LogP contribution in [0.5, 0.6) is 0 Å². The van der Waals surface area contributed by atoms with E-state index in [1.807, 2.05) is 0 Å². The Labute approximate surface area is 127 Å². The van der Waals surface area contributed by atoms with Crippen molar-refractivity contribution in [2.24, 2.45) is 5.41 Å². The van der Waals surface area contributed by atoms with Crippen LogP contribution in [0.4, 0.5) is 0 Å². The van der Waals surface area contributed by atoms with Crippen LogP contribution in [0, 0.1) is 5.41 Å². The molecule has 2 saturated heterocycles. The Morgan fingerprint density at radius 1 is 1.05 bits per heavy atom. The standard InChI is InChI=1S/C16H16N2O4/c19-13-11-4-1-2-5-12(11)14(20)18(13)22-15(21)16-6-3-8-17(10-16)9-7-16/h1-2,4-5H,3,6-10H2. The molecule has 114 valence electrons. The summed E-state index contributed by atoms with van der Waals surface area (Å²) in [6.07, 6.45) is 2.43. The van der Waals surface area contributed by atoms with Gasteiger partial charge < -0.3 is 9.74 Å². The monoisotopic (exact) mass is 300 g/mol. The van der Waals surface area contributed by atoms with Gasteiger partial charge in [0, 0.05) is 6.54 Å². The van der Waals surface area contributed by atoms with Crippen molar-refractivity contribution in [1.82, 2.24) is 9.96 Å². The van der Waals surface area contributed by atoms with Gasteiger partial charge in [-0.15, -0.1) is 0 Å². The number of carbonyl (C=O) groups is 3. The Hall–Kier alpha value is -2.21. The minimum Gasteiger partial charge on any atom is -0.329 e. The van der Waals surface area contributed by atoms with Gasteiger partial charge in [0.25, 0.3) is 11.8 Å². The second kappa shape index (κ2) is 4.64. The first-order valence-corrected chi connectivity index (χ1v) is 7.53. The van der Waals surface area contributed by atoms with Gasteiger partial charge in [0.05, 0.1) is 16.5 Å². The van der Waals surface area contributed by atoms with Crippen molar-refractivity contribution in [3.63, 3.8) is 0 Å². The molecule has 6 heteroatoms. The van der Waals surface area contributed by atoms with Crippen molar-refractivity contribution in [1.29, 1.82) is 0 Å². The van der Waals surface area contributed by atoms with Crippen LogP contribution in [0.2, 0.25) is 0 Å². The highest BCUT2D eigenvalue weighted by molar-refractivity contribution is 6.20. The van der Waals surface area contributed by atoms with Crippen LogP contribution in [0.15, 0.2) is 24.3 Å². The molecule has 2 amide bonds. The Morgan fingerprint density at radius 3 is 2.41 bits per heavy atom. The van der Waals surface area contributed by atoms with Crippen LogP contribution in [-0.4, -0.2) is 47.4 Å². The molecule has 0 aliphatic carbocycles. The summed E-state index contributed by atoms with van der Waals surface area (Å²) in [7, 11) is 0. The minimum atomic E-state index is -0.562. The van der Waals surface area contributed by atoms with E-state index in [1.54, 1.807) is 24.3 Å². The van der Waals surface area contributed by atoms with Gasteiger partial charge in [0.1, 0.15) is 0 Å². The first-order valence-electron chi connectivity index (χ1n) is 7.53. The number of carbonyl (C=O) groups excluding carboxylic acids is 3. The molecule has 2 atom stereocenters. The first-order chi connectivity index (χ1) is 10.6. The van der Waals surface area contributed by atoms with E-state index in [-0.39, 0.29) is 11.1 Å². The quantitative estimate of drug-likeness (QED) is 0.768. The molecule has 2 unspecified atom stereocenters. The van der Waals surface area contributed by atoms with Crippen LogP contribution in [0.3, 0.4) is 0 Å². The third-order valence-electron chi connectivity index (χ3n) is 4.93. The van der Waals surface area contributed by atoms with Gasteiger partial charge in [0.15, 0.2) is 0 Å². The first kappa shape index (κ1) is 13.5. The molecule has 3 aliphatic heterocycles. The predicted octanol–water partition coefficient (Wildman–Crippen LogP) is 1.23. The Bertz CT molecular complexity index is 647. The Morgan fingerprint density at radius 2 is 1.73 bits per heavy atom. The van der Waals surface area contributed by atoms with Crippen LogP contribution in [0.25, 0.3) is 0 Å². The summed E-state index contributed by atoms with van der Waals surface area (Å²) in [5.41, 5.74) is 0.0112. The maximum Gasteiger partial charge on any atom is 0.340 e. The molecule has 3 aliphatic rings. The minimum absolute atomic E-state index is 0.287. The molecule has 3 heterocycles. The van der Waals surface area contributed by atoms with Crippen LogP contribution in [-0.2, 0) is 9.63 Å². The van der Waals surface area contributed by atoms with E-state index in [2.05, 4.69) is 4.90 Å². The number of hydroxylamine groups is 2. The summed E-state index contributed by atoms with van der Waals surface area (Å²) in [6.45, 7) is 2.54. The fourth-order valence-electron chi connectivity index (χ4n) is 3.69. The zero-order valence-corrected chi connectivity index (χ0v) is 12.1. The zero-order chi connectivity index (χ0) is 15.3. The fraction of sp³-hybridized carbons (Fsp3) is 0.438. The third kappa shape index (κ3) is 1.80. The summed E-state index contributed by atoms with van der Waals surface area (Å²) in [5, 5.41) is 0.624. The van der Waals surface area contributed by atoms with Crippen LogP contribution >= 0.6 is 0 Å². The maximum absolute atomic E-state index is 12.6. The van der Waals surface area contributed by atoms with E-state index < -0.39 is 23.2 Å². The number of amides is 2. The largest absolute Gasteiger partial charge is 0.340 e. The van der Waals surface area contributed by atoms with Crippen molar-refractivity contribution in [3.8, 4) is 0 Å². The summed E-state index contributed by atoms with van der Waals surface area (Å²) in [6, 6.07) is 6.51. The van der Waals surface area contributed by atoms with E-state index in [0.717, 1.165) is 32.4 Å². The topological polar surface area (TPSA) is 66.9 Å². The smallest absolute Gasteiger partial charge is 0.329 e. The van der Waals surface area contributed by atoms with Crippen LogP contribution in [0.1, 0.15) is 40.0 Å². The molecule has 0 saturated carbocycles. The number of piperidine rings is 1. The van der Waals surface area contributed by atoms with E-state index in [9.17, 15) is 14.4 Å². The van der Waals surface area contributed by atoms with Gasteiger partial charge >= 0.3 is 5.97 Å². The number of rotatable bonds is 2. The zero-order valence-electron chi connectivity index (χ0n) is 12.1. The fourth-order valence-corrected chi connectivity index (χ4v) is 3.69. The molecule has 0 N–H and O–H groups in total. The van der Waals surface area contributed by atoms with E-state index in [1.165, 1.54) is 0 Å². The third-order valence-corrected chi connectivity index (χ3v) is 4.93. The summed E-state index contributed by atoms with van der Waals surface area (Å²) in [5.74, 6) is -1.57. The van der Waals surface area contributed by atoms with Gasteiger partial charge in [-0.25, -0.2) is 4.79 Å². The lowest BCUT2D eigenvalue weighted by atomic mass is 9.81. The van der Waals surface area contributed by atoms with Crippen molar-refractivity contribution < 1.29 is 19.2 Å². The molecule has 2 fully saturated rings. The Kier molecular flexibility index (Phi) is 2.84. The number of benzene rings is 1. The molecule has 1 aromatic rings. The summed E-state index contributed by atoms with van der Waals surface area (Å²) >= 11 is 0. The molecule has 22 heavy (non-hydrogen) atoms. The molecule has 2 bridgehead atoms. The summed E-state index contributed by atoms with van der Waals surface area (Å²) in [4.78, 5) is 44.5. The van der Waals surface area contributed by atoms with Gasteiger partial charge in [-0.2, -0.15) is 0 Å². The number of hydrogen-bond donors (Lipinski definition) is 0. The van der Waals surface area contributed by atoms with E-state index in [4.69, 9.17) is 4.84 Å². The molecule has 1 aromatic carbocycles. The van der Waals surface area contributed by atoms with Crippen molar-refractivity contribution in [2.75, 3.05) is 19.6 Å². The molecule has 4 rings (SSSR count). The number of nitrogens with zero attached hydrogens (tertiary/aromatic N) is 2. The second-order valence-corrected chi connectivity index (χ2v) is 6.24. The lowest BCUT2D eigenvalue weighted by Gasteiger charge is -2.32. The number of fused-ring (bicyclic) bond motifs is 3. The van der Waals surface area contributed by atoms with E-state index in [0.29, 0.717) is 11.6 Å². The highest BCUT2D eigenvalue weighted by Crippen LogP contribution is 2.41. The van der Waals surface area contributed by atoms with Gasteiger partial charge in [-0.05, 0) is 44.5 Å². The summed E-state index contributed by atoms with van der Waals surface area (Å²) < 4.78 is 0. The molecule has 0 aromatic heterocycles. The maximum atomic E-state index is 12.6. The van der Waals surface area contributed by atoms with Crippen molar-refractivity contribution in [2.45, 2.75) is 19.3 Å². The van der Waals surface area contributed by atoms with Crippen molar-refractivity contribution >= 4 is 17.8 Å². The Balaban J connectivity index is 1.56. The van der Waals surface area contributed by atoms with Gasteiger partial charge in [0.2, 0.25) is 0 Å². The second-order valence-electron chi connectivity index (χ2n) is 6.24. The normalized spacial score (nSPS) is 29.6. The van der Waals surface area contributed by atoms with Crippen molar-refractivity contribution in [3.05, 3.63) is 35.4 Å². The lowest BCUT2D eigenvalue weighted by molar-refractivity contribution is -0.182. The highest BCUT2D eigenvalue weighted by Gasteiger charge is 2.50.